The number of alkyl halides is 6. The van der Waals surface area contributed by atoms with Crippen LogP contribution in [0.5, 0.6) is 0 Å². The average Bonchev–Trinajstić information content (AvgIpc) is 2.85. The standard InChI is InChI=1S/C7H8F6O2/c8-5(7(11,12)13)6(9,10)3-14-1-4-2-15-4/h4-5H,1-3H2. The average molecular weight is 238 g/mol. The van der Waals surface area contributed by atoms with Gasteiger partial charge >= 0.3 is 12.1 Å². The van der Waals surface area contributed by atoms with Gasteiger partial charge in [0.1, 0.15) is 12.7 Å². The summed E-state index contributed by atoms with van der Waals surface area (Å²) in [6, 6.07) is 0. The topological polar surface area (TPSA) is 21.8 Å². The summed E-state index contributed by atoms with van der Waals surface area (Å²) in [5.74, 6) is -4.56. The first-order chi connectivity index (χ1) is 6.73. The molecular formula is C7H8F6O2. The lowest BCUT2D eigenvalue weighted by atomic mass is 10.2. The summed E-state index contributed by atoms with van der Waals surface area (Å²) in [5.41, 5.74) is 0. The first-order valence-corrected chi connectivity index (χ1v) is 4.01. The predicted octanol–water partition coefficient (Wildman–Crippen LogP) is 1.94. The SMILES string of the molecule is FC(C(F)(F)F)C(F)(F)COCC1CO1. The molecule has 1 saturated heterocycles. The van der Waals surface area contributed by atoms with Crippen molar-refractivity contribution in [1.29, 1.82) is 0 Å². The van der Waals surface area contributed by atoms with Crippen LogP contribution < -0.4 is 0 Å². The molecule has 15 heavy (non-hydrogen) atoms. The van der Waals surface area contributed by atoms with Gasteiger partial charge in [0.05, 0.1) is 13.2 Å². The van der Waals surface area contributed by atoms with E-state index in [1.807, 2.05) is 0 Å². The lowest BCUT2D eigenvalue weighted by Gasteiger charge is -2.22. The Kier molecular flexibility index (Phi) is 3.49. The van der Waals surface area contributed by atoms with Gasteiger partial charge in [0.25, 0.3) is 6.17 Å². The van der Waals surface area contributed by atoms with Gasteiger partial charge in [0.15, 0.2) is 0 Å². The molecule has 1 aliphatic heterocycles. The summed E-state index contributed by atoms with van der Waals surface area (Å²) in [7, 11) is 0. The van der Waals surface area contributed by atoms with Crippen LogP contribution >= 0.6 is 0 Å². The number of hydrogen-bond acceptors (Lipinski definition) is 2. The second kappa shape index (κ2) is 4.17. The summed E-state index contributed by atoms with van der Waals surface area (Å²) in [6.45, 7) is -1.53. The Hall–Kier alpha value is -0.500. The third kappa shape index (κ3) is 3.86. The number of hydrogen-bond donors (Lipinski definition) is 0. The van der Waals surface area contributed by atoms with Crippen molar-refractivity contribution in [2.75, 3.05) is 19.8 Å². The van der Waals surface area contributed by atoms with E-state index in [4.69, 9.17) is 0 Å². The lowest BCUT2D eigenvalue weighted by molar-refractivity contribution is -0.255. The minimum atomic E-state index is -5.58. The van der Waals surface area contributed by atoms with E-state index >= 15 is 0 Å². The monoisotopic (exact) mass is 238 g/mol. The summed E-state index contributed by atoms with van der Waals surface area (Å²) >= 11 is 0. The highest BCUT2D eigenvalue weighted by molar-refractivity contribution is 4.83. The molecular weight excluding hydrogens is 230 g/mol. The van der Waals surface area contributed by atoms with Crippen LogP contribution in [0.4, 0.5) is 26.3 Å². The number of halogens is 6. The van der Waals surface area contributed by atoms with Crippen LogP contribution in [0, 0.1) is 0 Å². The molecule has 1 rings (SSSR count). The molecule has 0 spiro atoms. The predicted molar refractivity (Wildman–Crippen MR) is 36.5 cm³/mol. The molecule has 0 saturated carbocycles. The van der Waals surface area contributed by atoms with E-state index in [1.165, 1.54) is 0 Å². The summed E-state index contributed by atoms with van der Waals surface area (Å²) in [4.78, 5) is 0. The second-order valence-electron chi connectivity index (χ2n) is 3.14. The smallest absolute Gasteiger partial charge is 0.372 e. The highest BCUT2D eigenvalue weighted by Gasteiger charge is 2.56. The van der Waals surface area contributed by atoms with Crippen molar-refractivity contribution < 1.29 is 35.8 Å². The Morgan fingerprint density at radius 1 is 1.27 bits per heavy atom. The third-order valence-electron chi connectivity index (χ3n) is 1.66. The molecule has 2 nitrogen and oxygen atoms in total. The fourth-order valence-electron chi connectivity index (χ4n) is 0.803. The van der Waals surface area contributed by atoms with E-state index in [9.17, 15) is 26.3 Å². The van der Waals surface area contributed by atoms with Gasteiger partial charge in [-0.2, -0.15) is 13.2 Å². The highest BCUT2D eigenvalue weighted by atomic mass is 19.4. The van der Waals surface area contributed by atoms with Crippen molar-refractivity contribution in [3.05, 3.63) is 0 Å². The summed E-state index contributed by atoms with van der Waals surface area (Å²) < 4.78 is 80.9. The van der Waals surface area contributed by atoms with Crippen molar-refractivity contribution in [1.82, 2.24) is 0 Å². The van der Waals surface area contributed by atoms with Gasteiger partial charge in [0.2, 0.25) is 0 Å². The van der Waals surface area contributed by atoms with Crippen LogP contribution in [-0.2, 0) is 9.47 Å². The fourth-order valence-corrected chi connectivity index (χ4v) is 0.803. The van der Waals surface area contributed by atoms with E-state index < -0.39 is 24.9 Å². The molecule has 0 aliphatic carbocycles. The van der Waals surface area contributed by atoms with Crippen molar-refractivity contribution in [2.45, 2.75) is 24.4 Å². The van der Waals surface area contributed by atoms with Crippen LogP contribution in [0.15, 0.2) is 0 Å². The van der Waals surface area contributed by atoms with Crippen molar-refractivity contribution in [3.63, 3.8) is 0 Å². The van der Waals surface area contributed by atoms with E-state index in [1.54, 1.807) is 0 Å². The molecule has 0 aromatic rings. The Bertz CT molecular complexity index is 212. The van der Waals surface area contributed by atoms with Gasteiger partial charge in [0, 0.05) is 0 Å². The highest BCUT2D eigenvalue weighted by Crippen LogP contribution is 2.35. The molecule has 0 bridgehead atoms. The molecule has 0 aromatic carbocycles. The summed E-state index contributed by atoms with van der Waals surface area (Å²) in [6.07, 6.45) is -10.1. The first kappa shape index (κ1) is 12.6. The normalized spacial score (nSPS) is 24.0. The lowest BCUT2D eigenvalue weighted by Crippen LogP contribution is -2.44. The zero-order valence-corrected chi connectivity index (χ0v) is 7.36. The zero-order valence-electron chi connectivity index (χ0n) is 7.36. The van der Waals surface area contributed by atoms with Gasteiger partial charge in [-0.1, -0.05) is 0 Å². The maximum absolute atomic E-state index is 12.5. The molecule has 1 heterocycles. The van der Waals surface area contributed by atoms with E-state index in [0.29, 0.717) is 6.61 Å². The van der Waals surface area contributed by atoms with Crippen molar-refractivity contribution in [3.8, 4) is 0 Å². The number of rotatable bonds is 5. The maximum atomic E-state index is 12.5. The van der Waals surface area contributed by atoms with Crippen molar-refractivity contribution in [2.24, 2.45) is 0 Å². The minimum absolute atomic E-state index is 0.250. The Balaban J connectivity index is 2.34. The van der Waals surface area contributed by atoms with Gasteiger partial charge in [-0.15, -0.1) is 0 Å². The molecule has 2 unspecified atom stereocenters. The largest absolute Gasteiger partial charge is 0.425 e. The third-order valence-corrected chi connectivity index (χ3v) is 1.66. The number of ether oxygens (including phenoxy) is 2. The van der Waals surface area contributed by atoms with Crippen LogP contribution in [0.3, 0.4) is 0 Å². The Labute approximate surface area is 81.1 Å². The van der Waals surface area contributed by atoms with Crippen LogP contribution in [0.2, 0.25) is 0 Å². The van der Waals surface area contributed by atoms with Crippen LogP contribution in [0.1, 0.15) is 0 Å². The van der Waals surface area contributed by atoms with Gasteiger partial charge in [-0.3, -0.25) is 0 Å². The molecule has 0 aromatic heterocycles. The van der Waals surface area contributed by atoms with E-state index in [-0.39, 0.29) is 12.7 Å². The molecule has 0 radical (unpaired) electrons. The second-order valence-corrected chi connectivity index (χ2v) is 3.14. The number of epoxide rings is 1. The van der Waals surface area contributed by atoms with Crippen LogP contribution in [-0.4, -0.2) is 44.2 Å². The minimum Gasteiger partial charge on any atom is -0.372 e. The fraction of sp³-hybridized carbons (Fsp3) is 1.00. The maximum Gasteiger partial charge on any atom is 0.425 e. The van der Waals surface area contributed by atoms with Crippen molar-refractivity contribution >= 4 is 0 Å². The molecule has 0 amide bonds. The molecule has 2 atom stereocenters. The van der Waals surface area contributed by atoms with Gasteiger partial charge in [-0.25, -0.2) is 13.2 Å². The zero-order chi connectivity index (χ0) is 11.7. The van der Waals surface area contributed by atoms with Gasteiger partial charge in [-0.05, 0) is 0 Å². The van der Waals surface area contributed by atoms with E-state index in [0.717, 1.165) is 0 Å². The van der Waals surface area contributed by atoms with Crippen LogP contribution in [0.25, 0.3) is 0 Å². The first-order valence-electron chi connectivity index (χ1n) is 4.01. The molecule has 8 heteroatoms. The molecule has 90 valence electrons. The summed E-state index contributed by atoms with van der Waals surface area (Å²) in [5, 5.41) is 0. The molecule has 0 N–H and O–H groups in total. The molecule has 1 fully saturated rings. The van der Waals surface area contributed by atoms with Gasteiger partial charge < -0.3 is 9.47 Å². The quantitative estimate of drug-likeness (QED) is 0.539. The van der Waals surface area contributed by atoms with E-state index in [2.05, 4.69) is 9.47 Å². The molecule has 1 aliphatic rings. The Morgan fingerprint density at radius 2 is 1.80 bits per heavy atom. The Morgan fingerprint density at radius 3 is 2.20 bits per heavy atom.